The second kappa shape index (κ2) is 4.71. The minimum atomic E-state index is -0.625. The van der Waals surface area contributed by atoms with E-state index in [4.69, 9.17) is 0 Å². The highest BCUT2D eigenvalue weighted by molar-refractivity contribution is 9.10. The summed E-state index contributed by atoms with van der Waals surface area (Å²) in [6.45, 7) is 5.77. The molecule has 21 heavy (non-hydrogen) atoms. The molecule has 118 valence electrons. The number of rotatable bonds is 3. The number of amides is 1. The van der Waals surface area contributed by atoms with E-state index < -0.39 is 15.7 Å². The van der Waals surface area contributed by atoms with Gasteiger partial charge in [0.1, 0.15) is 0 Å². The molecule has 5 heteroatoms. The molecule has 0 spiro atoms. The Balaban J connectivity index is 1.85. The molecule has 4 bridgehead atoms. The van der Waals surface area contributed by atoms with Gasteiger partial charge < -0.3 is 10.4 Å². The summed E-state index contributed by atoms with van der Waals surface area (Å²) >= 11 is 3.41. The van der Waals surface area contributed by atoms with Gasteiger partial charge in [-0.3, -0.25) is 9.59 Å². The standard InChI is InChI=1S/C16H24BrNO3/c1-8-11-5-9-4-10(7-16(8,6-9)14(20)21)12(11)18-13(19)15(2,3)17/h8-12H,4-7H2,1-3H3,(H,18,19)(H,20,21). The van der Waals surface area contributed by atoms with E-state index in [1.54, 1.807) is 0 Å². The second-order valence-corrected chi connectivity index (χ2v) is 9.87. The minimum absolute atomic E-state index is 0.0107. The molecular weight excluding hydrogens is 334 g/mol. The summed E-state index contributed by atoms with van der Waals surface area (Å²) in [6, 6.07) is 0.147. The number of carboxylic acids is 1. The van der Waals surface area contributed by atoms with Crippen molar-refractivity contribution in [3.05, 3.63) is 0 Å². The smallest absolute Gasteiger partial charge is 0.309 e. The van der Waals surface area contributed by atoms with Crippen LogP contribution in [0, 0.1) is 29.1 Å². The Morgan fingerprint density at radius 2 is 1.95 bits per heavy atom. The lowest BCUT2D eigenvalue weighted by molar-refractivity contribution is -0.180. The third kappa shape index (κ3) is 2.23. The van der Waals surface area contributed by atoms with Gasteiger partial charge in [0.05, 0.1) is 9.74 Å². The van der Waals surface area contributed by atoms with Crippen molar-refractivity contribution in [2.75, 3.05) is 0 Å². The van der Waals surface area contributed by atoms with Crippen LogP contribution in [0.25, 0.3) is 0 Å². The Bertz CT molecular complexity index is 486. The molecule has 2 N–H and O–H groups in total. The Labute approximate surface area is 134 Å². The lowest BCUT2D eigenvalue weighted by Crippen LogP contribution is -2.65. The van der Waals surface area contributed by atoms with Crippen LogP contribution in [0.15, 0.2) is 0 Å². The highest BCUT2D eigenvalue weighted by Crippen LogP contribution is 2.62. The molecule has 0 aliphatic heterocycles. The van der Waals surface area contributed by atoms with Crippen molar-refractivity contribution in [1.82, 2.24) is 5.32 Å². The zero-order valence-electron chi connectivity index (χ0n) is 12.9. The van der Waals surface area contributed by atoms with Gasteiger partial charge in [0.15, 0.2) is 0 Å². The number of aliphatic carboxylic acids is 1. The van der Waals surface area contributed by atoms with Crippen LogP contribution in [0.5, 0.6) is 0 Å². The van der Waals surface area contributed by atoms with Gasteiger partial charge in [-0.2, -0.15) is 0 Å². The number of hydrogen-bond donors (Lipinski definition) is 2. The van der Waals surface area contributed by atoms with Crippen molar-refractivity contribution in [3.63, 3.8) is 0 Å². The summed E-state index contributed by atoms with van der Waals surface area (Å²) in [7, 11) is 0. The molecule has 4 fully saturated rings. The molecule has 6 unspecified atom stereocenters. The average Bonchev–Trinajstić information content (AvgIpc) is 2.37. The van der Waals surface area contributed by atoms with E-state index in [1.807, 2.05) is 13.8 Å². The lowest BCUT2D eigenvalue weighted by Gasteiger charge is -2.61. The molecule has 4 saturated carbocycles. The molecule has 6 atom stereocenters. The van der Waals surface area contributed by atoms with Gasteiger partial charge in [-0.15, -0.1) is 0 Å². The van der Waals surface area contributed by atoms with Crippen LogP contribution in [-0.4, -0.2) is 27.3 Å². The number of carboxylic acid groups (broad SMARTS) is 1. The maximum atomic E-state index is 12.3. The van der Waals surface area contributed by atoms with Crippen LogP contribution in [0.1, 0.15) is 46.5 Å². The van der Waals surface area contributed by atoms with Crippen molar-refractivity contribution in [3.8, 4) is 0 Å². The fraction of sp³-hybridized carbons (Fsp3) is 0.875. The van der Waals surface area contributed by atoms with E-state index >= 15 is 0 Å². The fourth-order valence-electron chi connectivity index (χ4n) is 5.21. The number of alkyl halides is 1. The Kier molecular flexibility index (Phi) is 3.43. The van der Waals surface area contributed by atoms with Crippen molar-refractivity contribution >= 4 is 27.8 Å². The minimum Gasteiger partial charge on any atom is -0.481 e. The molecule has 0 aromatic rings. The molecule has 4 aliphatic carbocycles. The quantitative estimate of drug-likeness (QED) is 0.763. The summed E-state index contributed by atoms with van der Waals surface area (Å²) < 4.78 is -0.574. The summed E-state index contributed by atoms with van der Waals surface area (Å²) in [4.78, 5) is 24.2. The molecule has 4 nitrogen and oxygen atoms in total. The topological polar surface area (TPSA) is 66.4 Å². The zero-order valence-corrected chi connectivity index (χ0v) is 14.4. The van der Waals surface area contributed by atoms with Crippen LogP contribution in [0.2, 0.25) is 0 Å². The Morgan fingerprint density at radius 1 is 1.29 bits per heavy atom. The first kappa shape index (κ1) is 15.3. The maximum Gasteiger partial charge on any atom is 0.309 e. The first-order valence-electron chi connectivity index (χ1n) is 7.88. The van der Waals surface area contributed by atoms with Gasteiger partial charge in [0.25, 0.3) is 0 Å². The number of halogens is 1. The summed E-state index contributed by atoms with van der Waals surface area (Å²) in [5, 5.41) is 13.0. The van der Waals surface area contributed by atoms with Crippen LogP contribution < -0.4 is 5.32 Å². The van der Waals surface area contributed by atoms with E-state index in [1.165, 1.54) is 0 Å². The van der Waals surface area contributed by atoms with Crippen LogP contribution >= 0.6 is 15.9 Å². The van der Waals surface area contributed by atoms with Crippen molar-refractivity contribution < 1.29 is 14.7 Å². The second-order valence-electron chi connectivity index (χ2n) is 7.89. The van der Waals surface area contributed by atoms with Gasteiger partial charge in [-0.05, 0) is 63.2 Å². The van der Waals surface area contributed by atoms with E-state index in [2.05, 4.69) is 28.2 Å². The molecule has 0 radical (unpaired) electrons. The van der Waals surface area contributed by atoms with Gasteiger partial charge >= 0.3 is 5.97 Å². The normalized spacial score (nSPS) is 44.7. The monoisotopic (exact) mass is 357 g/mol. The molecule has 0 saturated heterocycles. The van der Waals surface area contributed by atoms with E-state index in [9.17, 15) is 14.7 Å². The van der Waals surface area contributed by atoms with Crippen LogP contribution in [-0.2, 0) is 9.59 Å². The van der Waals surface area contributed by atoms with Gasteiger partial charge in [-0.25, -0.2) is 0 Å². The van der Waals surface area contributed by atoms with E-state index in [-0.39, 0.29) is 17.9 Å². The number of carbonyl (C=O) groups excluding carboxylic acids is 1. The average molecular weight is 358 g/mol. The van der Waals surface area contributed by atoms with Gasteiger partial charge in [0, 0.05) is 6.04 Å². The van der Waals surface area contributed by atoms with Crippen LogP contribution in [0.4, 0.5) is 0 Å². The molecule has 0 heterocycles. The fourth-order valence-corrected chi connectivity index (χ4v) is 5.32. The largest absolute Gasteiger partial charge is 0.481 e. The van der Waals surface area contributed by atoms with Crippen molar-refractivity contribution in [1.29, 1.82) is 0 Å². The summed E-state index contributed by atoms with van der Waals surface area (Å²) in [6.07, 6.45) is 3.71. The van der Waals surface area contributed by atoms with Crippen LogP contribution in [0.3, 0.4) is 0 Å². The number of nitrogens with one attached hydrogen (secondary N) is 1. The number of carbonyl (C=O) groups is 2. The molecule has 1 amide bonds. The molecular formula is C16H24BrNO3. The Morgan fingerprint density at radius 3 is 2.52 bits per heavy atom. The lowest BCUT2D eigenvalue weighted by atomic mass is 9.44. The summed E-state index contributed by atoms with van der Waals surface area (Å²) in [5.74, 6) is 0.703. The van der Waals surface area contributed by atoms with Gasteiger partial charge in [0.2, 0.25) is 5.91 Å². The van der Waals surface area contributed by atoms with E-state index in [0.717, 1.165) is 25.7 Å². The van der Waals surface area contributed by atoms with E-state index in [0.29, 0.717) is 17.8 Å². The molecule has 0 aromatic heterocycles. The predicted molar refractivity (Wildman–Crippen MR) is 83.1 cm³/mol. The molecule has 4 rings (SSSR count). The third-order valence-corrected chi connectivity index (χ3v) is 6.63. The Hall–Kier alpha value is -0.580. The SMILES string of the molecule is CC1C2CC3CC(CC1(C(=O)O)C3)C2NC(=O)C(C)(C)Br. The third-order valence-electron chi connectivity index (χ3n) is 6.27. The van der Waals surface area contributed by atoms with Gasteiger partial charge in [-0.1, -0.05) is 22.9 Å². The van der Waals surface area contributed by atoms with Crippen molar-refractivity contribution in [2.45, 2.75) is 56.8 Å². The predicted octanol–water partition coefficient (Wildman–Crippen LogP) is 2.80. The maximum absolute atomic E-state index is 12.3. The van der Waals surface area contributed by atoms with Crippen molar-refractivity contribution in [2.24, 2.45) is 29.1 Å². The first-order valence-corrected chi connectivity index (χ1v) is 8.68. The summed E-state index contributed by atoms with van der Waals surface area (Å²) in [5.41, 5.74) is -0.540. The highest BCUT2D eigenvalue weighted by Gasteiger charge is 2.62. The zero-order chi connectivity index (χ0) is 15.6. The molecule has 0 aromatic carbocycles. The number of hydrogen-bond acceptors (Lipinski definition) is 2. The molecule has 4 aliphatic rings. The first-order chi connectivity index (χ1) is 9.65. The highest BCUT2D eigenvalue weighted by atomic mass is 79.9.